The highest BCUT2D eigenvalue weighted by Crippen LogP contribution is 2.15. The molecule has 0 aromatic rings. The molecule has 0 unspecified atom stereocenters. The molecule has 0 nitrogen and oxygen atoms in total. The Labute approximate surface area is 72.5 Å². The summed E-state index contributed by atoms with van der Waals surface area (Å²) < 4.78 is 0. The smallest absolute Gasteiger partial charge is 0.00235 e. The zero-order valence-corrected chi connectivity index (χ0v) is 8.11. The molecule has 0 aromatic heterocycles. The summed E-state index contributed by atoms with van der Waals surface area (Å²) in [5.74, 6) is 5.57. The predicted octanol–water partition coefficient (Wildman–Crippen LogP) is 3.03. The van der Waals surface area contributed by atoms with Crippen molar-refractivity contribution in [1.29, 1.82) is 0 Å². The summed E-state index contributed by atoms with van der Waals surface area (Å²) in [6.07, 6.45) is 5.84. The molecule has 1 aliphatic heterocycles. The standard InChI is InChI=1S/C8H16S2/c1-2-4-6-10-8-7-9-5-3-1/h1-8H2. The van der Waals surface area contributed by atoms with E-state index in [1.807, 2.05) is 0 Å². The van der Waals surface area contributed by atoms with Crippen molar-refractivity contribution in [2.45, 2.75) is 25.7 Å². The Kier molecular flexibility index (Phi) is 5.64. The van der Waals surface area contributed by atoms with Crippen LogP contribution in [0.15, 0.2) is 0 Å². The quantitative estimate of drug-likeness (QED) is 0.556. The Morgan fingerprint density at radius 1 is 0.500 bits per heavy atom. The van der Waals surface area contributed by atoms with E-state index in [2.05, 4.69) is 23.5 Å². The molecule has 0 spiro atoms. The Hall–Kier alpha value is 0.700. The summed E-state index contributed by atoms with van der Waals surface area (Å²) in [4.78, 5) is 0. The Bertz CT molecular complexity index is 40.4. The van der Waals surface area contributed by atoms with Gasteiger partial charge in [0.1, 0.15) is 0 Å². The lowest BCUT2D eigenvalue weighted by atomic mass is 10.2. The molecule has 0 atom stereocenters. The van der Waals surface area contributed by atoms with Crippen molar-refractivity contribution in [2.24, 2.45) is 0 Å². The van der Waals surface area contributed by atoms with Crippen LogP contribution in [0.3, 0.4) is 0 Å². The first-order chi connectivity index (χ1) is 5.00. The van der Waals surface area contributed by atoms with Gasteiger partial charge in [-0.3, -0.25) is 0 Å². The van der Waals surface area contributed by atoms with Crippen molar-refractivity contribution in [3.05, 3.63) is 0 Å². The molecule has 1 rings (SSSR count). The summed E-state index contributed by atoms with van der Waals surface area (Å²) in [6, 6.07) is 0. The summed E-state index contributed by atoms with van der Waals surface area (Å²) in [6.45, 7) is 0. The lowest BCUT2D eigenvalue weighted by Crippen LogP contribution is -1.92. The van der Waals surface area contributed by atoms with Crippen LogP contribution in [0.25, 0.3) is 0 Å². The lowest BCUT2D eigenvalue weighted by molar-refractivity contribution is 0.710. The van der Waals surface area contributed by atoms with Gasteiger partial charge >= 0.3 is 0 Å². The highest BCUT2D eigenvalue weighted by Gasteiger charge is 1.96. The number of thioether (sulfide) groups is 2. The van der Waals surface area contributed by atoms with Crippen LogP contribution in [0.4, 0.5) is 0 Å². The molecule has 1 aliphatic rings. The fourth-order valence-corrected chi connectivity index (χ4v) is 3.25. The van der Waals surface area contributed by atoms with Crippen LogP contribution in [-0.2, 0) is 0 Å². The van der Waals surface area contributed by atoms with Crippen molar-refractivity contribution in [3.63, 3.8) is 0 Å². The van der Waals surface area contributed by atoms with Gasteiger partial charge in [-0.25, -0.2) is 0 Å². The van der Waals surface area contributed by atoms with Crippen molar-refractivity contribution in [2.75, 3.05) is 23.0 Å². The van der Waals surface area contributed by atoms with Gasteiger partial charge in [0.2, 0.25) is 0 Å². The van der Waals surface area contributed by atoms with Crippen LogP contribution >= 0.6 is 23.5 Å². The van der Waals surface area contributed by atoms with Gasteiger partial charge in [0, 0.05) is 11.5 Å². The van der Waals surface area contributed by atoms with Crippen molar-refractivity contribution in [3.8, 4) is 0 Å². The second-order valence-electron chi connectivity index (χ2n) is 2.64. The largest absolute Gasteiger partial charge is 0.161 e. The second-order valence-corrected chi connectivity index (χ2v) is 5.09. The molecule has 1 saturated heterocycles. The molecule has 0 radical (unpaired) electrons. The van der Waals surface area contributed by atoms with Gasteiger partial charge < -0.3 is 0 Å². The van der Waals surface area contributed by atoms with Crippen molar-refractivity contribution in [1.82, 2.24) is 0 Å². The fraction of sp³-hybridized carbons (Fsp3) is 1.00. The normalized spacial score (nSPS) is 24.0. The molecule has 1 heterocycles. The first-order valence-corrected chi connectivity index (χ1v) is 6.46. The molecule has 60 valence electrons. The SMILES string of the molecule is C1CCCSCCSCC1. The number of hydrogen-bond acceptors (Lipinski definition) is 2. The number of hydrogen-bond donors (Lipinski definition) is 0. The molecule has 2 heteroatoms. The summed E-state index contributed by atoms with van der Waals surface area (Å²) in [5, 5.41) is 0. The van der Waals surface area contributed by atoms with Crippen molar-refractivity contribution >= 4 is 23.5 Å². The van der Waals surface area contributed by atoms with Gasteiger partial charge in [0.25, 0.3) is 0 Å². The van der Waals surface area contributed by atoms with Gasteiger partial charge in [-0.05, 0) is 24.3 Å². The van der Waals surface area contributed by atoms with E-state index in [1.54, 1.807) is 0 Å². The molecule has 0 saturated carbocycles. The maximum Gasteiger partial charge on any atom is 0.00235 e. The van der Waals surface area contributed by atoms with Gasteiger partial charge in [-0.2, -0.15) is 23.5 Å². The van der Waals surface area contributed by atoms with E-state index in [0.29, 0.717) is 0 Å². The zero-order valence-electron chi connectivity index (χ0n) is 6.47. The first-order valence-electron chi connectivity index (χ1n) is 4.15. The van der Waals surface area contributed by atoms with Crippen LogP contribution in [0.2, 0.25) is 0 Å². The van der Waals surface area contributed by atoms with Gasteiger partial charge in [-0.15, -0.1) is 0 Å². The number of rotatable bonds is 0. The highest BCUT2D eigenvalue weighted by molar-refractivity contribution is 8.02. The molecule has 10 heavy (non-hydrogen) atoms. The summed E-state index contributed by atoms with van der Waals surface area (Å²) in [7, 11) is 0. The Morgan fingerprint density at radius 3 is 1.50 bits per heavy atom. The van der Waals surface area contributed by atoms with E-state index in [4.69, 9.17) is 0 Å². The van der Waals surface area contributed by atoms with E-state index >= 15 is 0 Å². The molecule has 0 aliphatic carbocycles. The molecule has 1 fully saturated rings. The van der Waals surface area contributed by atoms with Gasteiger partial charge in [-0.1, -0.05) is 12.8 Å². The lowest BCUT2D eigenvalue weighted by Gasteiger charge is -2.05. The third-order valence-corrected chi connectivity index (χ3v) is 4.10. The molecular formula is C8H16S2. The van der Waals surface area contributed by atoms with E-state index in [9.17, 15) is 0 Å². The molecule has 0 bridgehead atoms. The zero-order chi connectivity index (χ0) is 7.07. The summed E-state index contributed by atoms with van der Waals surface area (Å²) >= 11 is 4.26. The van der Waals surface area contributed by atoms with E-state index < -0.39 is 0 Å². The molecule has 0 amide bonds. The molecule has 0 N–H and O–H groups in total. The minimum Gasteiger partial charge on any atom is -0.161 e. The predicted molar refractivity (Wildman–Crippen MR) is 53.1 cm³/mol. The van der Waals surface area contributed by atoms with E-state index in [-0.39, 0.29) is 0 Å². The van der Waals surface area contributed by atoms with Crippen LogP contribution < -0.4 is 0 Å². The maximum absolute atomic E-state index is 2.13. The third kappa shape index (κ3) is 4.51. The van der Waals surface area contributed by atoms with Crippen LogP contribution in [0, 0.1) is 0 Å². The van der Waals surface area contributed by atoms with Crippen LogP contribution in [-0.4, -0.2) is 23.0 Å². The summed E-state index contributed by atoms with van der Waals surface area (Å²) in [5.41, 5.74) is 0. The fourth-order valence-electron chi connectivity index (χ4n) is 1.08. The topological polar surface area (TPSA) is 0 Å². The third-order valence-electron chi connectivity index (χ3n) is 1.70. The first kappa shape index (κ1) is 8.79. The minimum atomic E-state index is 1.38. The molecule has 0 aromatic carbocycles. The Balaban J connectivity index is 2.00. The maximum atomic E-state index is 2.13. The van der Waals surface area contributed by atoms with Gasteiger partial charge in [0.15, 0.2) is 0 Å². The van der Waals surface area contributed by atoms with E-state index in [0.717, 1.165) is 0 Å². The average Bonchev–Trinajstić information content (AvgIpc) is 2.01. The Morgan fingerprint density at radius 2 is 1.00 bits per heavy atom. The average molecular weight is 176 g/mol. The van der Waals surface area contributed by atoms with Crippen molar-refractivity contribution < 1.29 is 0 Å². The minimum absolute atomic E-state index is 1.38. The highest BCUT2D eigenvalue weighted by atomic mass is 32.2. The second kappa shape index (κ2) is 6.41. The van der Waals surface area contributed by atoms with Crippen LogP contribution in [0.5, 0.6) is 0 Å². The van der Waals surface area contributed by atoms with Gasteiger partial charge in [0.05, 0.1) is 0 Å². The van der Waals surface area contributed by atoms with Crippen LogP contribution in [0.1, 0.15) is 25.7 Å². The molecular weight excluding hydrogens is 160 g/mol. The monoisotopic (exact) mass is 176 g/mol. The van der Waals surface area contributed by atoms with E-state index in [1.165, 1.54) is 48.7 Å².